The van der Waals surface area contributed by atoms with Crippen molar-refractivity contribution in [1.29, 1.82) is 0 Å². The van der Waals surface area contributed by atoms with Crippen molar-refractivity contribution in [3.05, 3.63) is 16.4 Å². The van der Waals surface area contributed by atoms with Gasteiger partial charge in [0.1, 0.15) is 6.04 Å². The Morgan fingerprint density at radius 2 is 1.87 bits per heavy atom. The quantitative estimate of drug-likeness (QED) is 0.898. The fourth-order valence-corrected chi connectivity index (χ4v) is 2.57. The number of likely N-dealkylation sites (N-methyl/N-ethyl adjacent to an activating group) is 1. The number of hydrogen-bond acceptors (Lipinski definition) is 4. The lowest BCUT2D eigenvalue weighted by Crippen LogP contribution is -2.53. The van der Waals surface area contributed by atoms with Gasteiger partial charge in [-0.3, -0.25) is 14.9 Å². The molecular formula is C13H19ClF3N5O. The highest BCUT2D eigenvalue weighted by Gasteiger charge is 2.39. The number of aromatic nitrogens is 2. The second-order valence-corrected chi connectivity index (χ2v) is 6.01. The third-order valence-electron chi connectivity index (χ3n) is 3.86. The number of amides is 1. The largest absolute Gasteiger partial charge is 0.436 e. The highest BCUT2D eigenvalue weighted by atomic mass is 35.5. The molecule has 1 saturated heterocycles. The molecule has 1 aromatic heterocycles. The van der Waals surface area contributed by atoms with Crippen molar-refractivity contribution in [2.24, 2.45) is 0 Å². The molecule has 0 radical (unpaired) electrons. The van der Waals surface area contributed by atoms with Gasteiger partial charge in [0, 0.05) is 26.2 Å². The summed E-state index contributed by atoms with van der Waals surface area (Å²) in [5, 5.41) is 4.76. The molecule has 0 aliphatic carbocycles. The first kappa shape index (κ1) is 18.0. The van der Waals surface area contributed by atoms with Crippen LogP contribution >= 0.6 is 11.6 Å². The van der Waals surface area contributed by atoms with Gasteiger partial charge in [-0.15, -0.1) is 0 Å². The number of halogens is 4. The molecule has 1 N–H and O–H groups in total. The van der Waals surface area contributed by atoms with Gasteiger partial charge < -0.3 is 4.90 Å². The summed E-state index contributed by atoms with van der Waals surface area (Å²) in [5.74, 6) is -0.425. The van der Waals surface area contributed by atoms with Gasteiger partial charge in [-0.2, -0.15) is 18.3 Å². The zero-order valence-corrected chi connectivity index (χ0v) is 13.9. The van der Waals surface area contributed by atoms with Crippen molar-refractivity contribution in [1.82, 2.24) is 25.1 Å². The first-order chi connectivity index (χ1) is 10.6. The van der Waals surface area contributed by atoms with E-state index in [0.29, 0.717) is 13.1 Å². The number of carbonyl (C=O) groups excluding carboxylic acids is 1. The summed E-state index contributed by atoms with van der Waals surface area (Å²) in [7, 11) is 1.98. The summed E-state index contributed by atoms with van der Waals surface area (Å²) in [5.41, 5.74) is 1.66. The van der Waals surface area contributed by atoms with Crippen LogP contribution in [0.5, 0.6) is 0 Å². The highest BCUT2D eigenvalue weighted by molar-refractivity contribution is 6.32. The molecule has 1 atom stereocenters. The number of nitrogens with one attached hydrogen (secondary N) is 1. The minimum absolute atomic E-state index is 0.111. The third kappa shape index (κ3) is 3.96. The number of carbonyl (C=O) groups is 1. The predicted octanol–water partition coefficient (Wildman–Crippen LogP) is 1.70. The Labute approximate surface area is 137 Å². The van der Waals surface area contributed by atoms with Gasteiger partial charge >= 0.3 is 6.18 Å². The molecule has 0 saturated carbocycles. The van der Waals surface area contributed by atoms with E-state index in [2.05, 4.69) is 15.4 Å². The topological polar surface area (TPSA) is 53.4 Å². The Bertz CT molecular complexity index is 581. The van der Waals surface area contributed by atoms with Gasteiger partial charge in [-0.1, -0.05) is 11.6 Å². The summed E-state index contributed by atoms with van der Waals surface area (Å²) in [6.07, 6.45) is -4.65. The van der Waals surface area contributed by atoms with E-state index in [9.17, 15) is 18.0 Å². The van der Waals surface area contributed by atoms with Crippen LogP contribution in [-0.2, 0) is 11.0 Å². The first-order valence-electron chi connectivity index (χ1n) is 7.17. The van der Waals surface area contributed by atoms with Gasteiger partial charge in [0.25, 0.3) is 5.91 Å². The molecule has 0 spiro atoms. The van der Waals surface area contributed by atoms with Crippen molar-refractivity contribution in [2.75, 3.05) is 33.2 Å². The van der Waals surface area contributed by atoms with Gasteiger partial charge in [0.05, 0.1) is 10.7 Å². The van der Waals surface area contributed by atoms with E-state index in [1.165, 1.54) is 13.8 Å². The Balaban J connectivity index is 2.11. The molecule has 0 aromatic carbocycles. The fraction of sp³-hybridized carbons (Fsp3) is 0.692. The predicted molar refractivity (Wildman–Crippen MR) is 78.9 cm³/mol. The number of nitrogens with zero attached hydrogens (tertiary/aromatic N) is 4. The lowest BCUT2D eigenvalue weighted by Gasteiger charge is -2.33. The monoisotopic (exact) mass is 353 g/mol. The van der Waals surface area contributed by atoms with Crippen molar-refractivity contribution in [3.8, 4) is 0 Å². The Kier molecular flexibility index (Phi) is 5.22. The number of hydrogen-bond donors (Lipinski definition) is 1. The Morgan fingerprint density at radius 1 is 1.30 bits per heavy atom. The average molecular weight is 354 g/mol. The maximum absolute atomic E-state index is 12.8. The highest BCUT2D eigenvalue weighted by Crippen LogP contribution is 2.36. The lowest BCUT2D eigenvalue weighted by molar-refractivity contribution is -0.142. The van der Waals surface area contributed by atoms with Crippen LogP contribution in [-0.4, -0.2) is 58.8 Å². The maximum atomic E-state index is 12.8. The minimum atomic E-state index is -4.65. The minimum Gasteiger partial charge on any atom is -0.304 e. The van der Waals surface area contributed by atoms with E-state index < -0.39 is 28.8 Å². The van der Waals surface area contributed by atoms with Gasteiger partial charge in [-0.25, -0.2) is 5.01 Å². The number of alkyl halides is 3. The fourth-order valence-electron chi connectivity index (χ4n) is 2.34. The molecule has 23 heavy (non-hydrogen) atoms. The molecule has 1 aliphatic heterocycles. The summed E-state index contributed by atoms with van der Waals surface area (Å²) in [6, 6.07) is -0.900. The number of hydrazine groups is 1. The second-order valence-electron chi connectivity index (χ2n) is 5.63. The van der Waals surface area contributed by atoms with Crippen LogP contribution in [0.2, 0.25) is 5.02 Å². The lowest BCUT2D eigenvalue weighted by atomic mass is 10.3. The molecule has 10 heteroatoms. The second kappa shape index (κ2) is 6.66. The molecule has 0 unspecified atom stereocenters. The van der Waals surface area contributed by atoms with Crippen LogP contribution in [0.1, 0.15) is 24.4 Å². The summed E-state index contributed by atoms with van der Waals surface area (Å²) >= 11 is 5.70. The Morgan fingerprint density at radius 3 is 2.35 bits per heavy atom. The average Bonchev–Trinajstić information content (AvgIpc) is 2.77. The standard InChI is InChI=1S/C13H19ClF3N5O/c1-8-10(14)11(13(15,16)17)18-22(8)9(2)12(23)19-21-6-4-20(3)5-7-21/h9H,4-7H2,1-3H3,(H,19,23)/t9-/m0/s1. The van der Waals surface area contributed by atoms with Crippen LogP contribution in [0.4, 0.5) is 13.2 Å². The van der Waals surface area contributed by atoms with E-state index in [0.717, 1.165) is 17.8 Å². The number of rotatable bonds is 3. The molecule has 6 nitrogen and oxygen atoms in total. The SMILES string of the molecule is Cc1c(Cl)c(C(F)(F)F)nn1[C@@H](C)C(=O)NN1CCN(C)CC1. The van der Waals surface area contributed by atoms with Crippen molar-refractivity contribution in [3.63, 3.8) is 0 Å². The smallest absolute Gasteiger partial charge is 0.304 e. The van der Waals surface area contributed by atoms with E-state index in [1.54, 1.807) is 5.01 Å². The first-order valence-corrected chi connectivity index (χ1v) is 7.55. The van der Waals surface area contributed by atoms with Crippen LogP contribution in [0.25, 0.3) is 0 Å². The van der Waals surface area contributed by atoms with E-state index in [-0.39, 0.29) is 5.69 Å². The zero-order valence-electron chi connectivity index (χ0n) is 13.1. The molecule has 2 rings (SSSR count). The van der Waals surface area contributed by atoms with Crippen LogP contribution in [0.3, 0.4) is 0 Å². The molecule has 1 aliphatic rings. The van der Waals surface area contributed by atoms with Crippen molar-refractivity contribution in [2.45, 2.75) is 26.1 Å². The molecule has 1 fully saturated rings. The van der Waals surface area contributed by atoms with Crippen molar-refractivity contribution >= 4 is 17.5 Å². The molecule has 0 bridgehead atoms. The van der Waals surface area contributed by atoms with Crippen LogP contribution < -0.4 is 5.43 Å². The van der Waals surface area contributed by atoms with Crippen molar-refractivity contribution < 1.29 is 18.0 Å². The third-order valence-corrected chi connectivity index (χ3v) is 4.32. The van der Waals surface area contributed by atoms with Gasteiger partial charge in [-0.05, 0) is 20.9 Å². The molecule has 1 amide bonds. The molecule has 2 heterocycles. The Hall–Kier alpha value is -1.32. The van der Waals surface area contributed by atoms with Crippen LogP contribution in [0, 0.1) is 6.92 Å². The summed E-state index contributed by atoms with van der Waals surface area (Å²) in [4.78, 5) is 14.4. The zero-order chi connectivity index (χ0) is 17.4. The van der Waals surface area contributed by atoms with Gasteiger partial charge in [0.15, 0.2) is 5.69 Å². The van der Waals surface area contributed by atoms with Crippen LogP contribution in [0.15, 0.2) is 0 Å². The maximum Gasteiger partial charge on any atom is 0.436 e. The van der Waals surface area contributed by atoms with E-state index >= 15 is 0 Å². The van der Waals surface area contributed by atoms with E-state index in [4.69, 9.17) is 11.6 Å². The summed E-state index contributed by atoms with van der Waals surface area (Å²) < 4.78 is 39.5. The van der Waals surface area contributed by atoms with Gasteiger partial charge in [0.2, 0.25) is 0 Å². The molecular weight excluding hydrogens is 335 g/mol. The molecule has 1 aromatic rings. The normalized spacial score (nSPS) is 18.9. The summed E-state index contributed by atoms with van der Waals surface area (Å²) in [6.45, 7) is 5.81. The number of piperazine rings is 1. The van der Waals surface area contributed by atoms with E-state index in [1.807, 2.05) is 7.05 Å². The molecule has 130 valence electrons.